The highest BCUT2D eigenvalue weighted by Crippen LogP contribution is 2.19. The van der Waals surface area contributed by atoms with Gasteiger partial charge in [-0.15, -0.1) is 0 Å². The van der Waals surface area contributed by atoms with Crippen molar-refractivity contribution in [2.75, 3.05) is 20.1 Å². The van der Waals surface area contributed by atoms with Crippen molar-refractivity contribution in [2.24, 2.45) is 5.92 Å². The van der Waals surface area contributed by atoms with Crippen LogP contribution in [0, 0.1) is 5.92 Å². The predicted octanol–water partition coefficient (Wildman–Crippen LogP) is 0.457. The summed E-state index contributed by atoms with van der Waals surface area (Å²) in [5, 5.41) is 13.5. The SMILES string of the molecule is CN1CCC(Cc2nc(Cn3ccccc3=O)n(CC(=O)O)n2)CC1. The molecule has 0 bridgehead atoms. The van der Waals surface area contributed by atoms with E-state index in [2.05, 4.69) is 22.0 Å². The van der Waals surface area contributed by atoms with E-state index >= 15 is 0 Å². The van der Waals surface area contributed by atoms with Gasteiger partial charge in [0, 0.05) is 18.7 Å². The Bertz CT molecular complexity index is 790. The molecule has 0 unspecified atom stereocenters. The standard InChI is InChI=1S/C17H23N5O3/c1-20-8-5-13(6-9-20)10-14-18-15(22(19-14)12-17(24)25)11-21-7-3-2-4-16(21)23/h2-4,7,13H,5-6,8-12H2,1H3,(H,24,25). The molecule has 3 heterocycles. The van der Waals surface area contributed by atoms with Crippen LogP contribution < -0.4 is 5.56 Å². The Morgan fingerprint density at radius 3 is 2.76 bits per heavy atom. The van der Waals surface area contributed by atoms with Crippen LogP contribution in [0.15, 0.2) is 29.2 Å². The minimum Gasteiger partial charge on any atom is -0.480 e. The highest BCUT2D eigenvalue weighted by atomic mass is 16.4. The number of carbonyl (C=O) groups is 1. The van der Waals surface area contributed by atoms with Gasteiger partial charge in [-0.2, -0.15) is 5.10 Å². The van der Waals surface area contributed by atoms with Crippen LogP contribution in [0.1, 0.15) is 24.5 Å². The van der Waals surface area contributed by atoms with Crippen molar-refractivity contribution >= 4 is 5.97 Å². The molecule has 1 N–H and O–H groups in total. The zero-order valence-corrected chi connectivity index (χ0v) is 14.3. The summed E-state index contributed by atoms with van der Waals surface area (Å²) in [5.41, 5.74) is -0.149. The lowest BCUT2D eigenvalue weighted by atomic mass is 9.94. The molecule has 0 atom stereocenters. The summed E-state index contributed by atoms with van der Waals surface area (Å²) in [6, 6.07) is 4.91. The van der Waals surface area contributed by atoms with Gasteiger partial charge in [0.2, 0.25) is 0 Å². The fourth-order valence-corrected chi connectivity index (χ4v) is 3.15. The quantitative estimate of drug-likeness (QED) is 0.817. The summed E-state index contributed by atoms with van der Waals surface area (Å²) in [7, 11) is 2.12. The summed E-state index contributed by atoms with van der Waals surface area (Å²) >= 11 is 0. The fourth-order valence-electron chi connectivity index (χ4n) is 3.15. The second-order valence-electron chi connectivity index (χ2n) is 6.61. The summed E-state index contributed by atoms with van der Waals surface area (Å²) in [5.74, 6) is 0.704. The first kappa shape index (κ1) is 17.3. The van der Waals surface area contributed by atoms with Crippen LogP contribution in [-0.2, 0) is 24.3 Å². The Kier molecular flexibility index (Phi) is 5.28. The number of rotatable bonds is 6. The lowest BCUT2D eigenvalue weighted by molar-refractivity contribution is -0.137. The van der Waals surface area contributed by atoms with E-state index in [0.717, 1.165) is 32.4 Å². The number of piperidine rings is 1. The molecular formula is C17H23N5O3. The van der Waals surface area contributed by atoms with Crippen molar-refractivity contribution in [3.63, 3.8) is 0 Å². The van der Waals surface area contributed by atoms with Gasteiger partial charge in [0.25, 0.3) is 5.56 Å². The minimum atomic E-state index is -0.975. The van der Waals surface area contributed by atoms with Gasteiger partial charge in [-0.05, 0) is 45.0 Å². The molecule has 0 radical (unpaired) electrons. The molecule has 1 fully saturated rings. The number of likely N-dealkylation sites (tertiary alicyclic amines) is 1. The third-order valence-corrected chi connectivity index (χ3v) is 4.60. The molecule has 3 rings (SSSR count). The maximum absolute atomic E-state index is 11.9. The highest BCUT2D eigenvalue weighted by molar-refractivity contribution is 5.66. The van der Waals surface area contributed by atoms with E-state index in [1.165, 1.54) is 15.3 Å². The number of aromatic nitrogens is 4. The van der Waals surface area contributed by atoms with Crippen LogP contribution in [0.5, 0.6) is 0 Å². The molecule has 1 saturated heterocycles. The number of hydrogen-bond donors (Lipinski definition) is 1. The normalized spacial score (nSPS) is 16.2. The van der Waals surface area contributed by atoms with E-state index in [0.29, 0.717) is 17.6 Å². The van der Waals surface area contributed by atoms with Gasteiger partial charge in [0.05, 0.1) is 6.54 Å². The van der Waals surface area contributed by atoms with Gasteiger partial charge in [0.1, 0.15) is 12.4 Å². The summed E-state index contributed by atoms with van der Waals surface area (Å²) < 4.78 is 2.90. The monoisotopic (exact) mass is 345 g/mol. The lowest BCUT2D eigenvalue weighted by Gasteiger charge is -2.28. The Morgan fingerprint density at radius 2 is 2.08 bits per heavy atom. The average Bonchev–Trinajstić information content (AvgIpc) is 2.92. The number of carboxylic acid groups (broad SMARTS) is 1. The first-order valence-corrected chi connectivity index (χ1v) is 8.49. The predicted molar refractivity (Wildman–Crippen MR) is 91.4 cm³/mol. The van der Waals surface area contributed by atoms with Crippen LogP contribution in [-0.4, -0.2) is 55.4 Å². The topological polar surface area (TPSA) is 93.2 Å². The van der Waals surface area contributed by atoms with Gasteiger partial charge >= 0.3 is 5.97 Å². The molecule has 0 aliphatic carbocycles. The third kappa shape index (κ3) is 4.54. The van der Waals surface area contributed by atoms with Gasteiger partial charge in [-0.3, -0.25) is 9.59 Å². The third-order valence-electron chi connectivity index (χ3n) is 4.60. The Balaban J connectivity index is 1.78. The van der Waals surface area contributed by atoms with Crippen LogP contribution >= 0.6 is 0 Å². The highest BCUT2D eigenvalue weighted by Gasteiger charge is 2.20. The molecule has 0 amide bonds. The largest absolute Gasteiger partial charge is 0.480 e. The average molecular weight is 345 g/mol. The maximum atomic E-state index is 11.9. The molecule has 134 valence electrons. The fraction of sp³-hybridized carbons (Fsp3) is 0.529. The van der Waals surface area contributed by atoms with E-state index in [-0.39, 0.29) is 18.6 Å². The summed E-state index contributed by atoms with van der Waals surface area (Å²) in [6.07, 6.45) is 4.60. The first-order chi connectivity index (χ1) is 12.0. The second-order valence-corrected chi connectivity index (χ2v) is 6.61. The molecule has 8 heteroatoms. The molecule has 1 aliphatic heterocycles. The summed E-state index contributed by atoms with van der Waals surface area (Å²) in [4.78, 5) is 29.8. The van der Waals surface area contributed by atoms with Gasteiger partial charge in [-0.25, -0.2) is 9.67 Å². The van der Waals surface area contributed by atoms with Crippen molar-refractivity contribution in [1.82, 2.24) is 24.2 Å². The second kappa shape index (κ2) is 7.60. The number of aliphatic carboxylic acids is 1. The number of pyridine rings is 1. The molecule has 8 nitrogen and oxygen atoms in total. The molecule has 1 aliphatic rings. The van der Waals surface area contributed by atoms with Gasteiger partial charge < -0.3 is 14.6 Å². The Hall–Kier alpha value is -2.48. The number of hydrogen-bond acceptors (Lipinski definition) is 5. The van der Waals surface area contributed by atoms with E-state index < -0.39 is 5.97 Å². The number of nitrogens with zero attached hydrogens (tertiary/aromatic N) is 5. The molecule has 25 heavy (non-hydrogen) atoms. The molecular weight excluding hydrogens is 322 g/mol. The maximum Gasteiger partial charge on any atom is 0.325 e. The smallest absolute Gasteiger partial charge is 0.325 e. The van der Waals surface area contributed by atoms with E-state index in [9.17, 15) is 9.59 Å². The Labute approximate surface area is 145 Å². The van der Waals surface area contributed by atoms with E-state index in [4.69, 9.17) is 5.11 Å². The zero-order chi connectivity index (χ0) is 17.8. The molecule has 2 aromatic heterocycles. The van der Waals surface area contributed by atoms with Crippen LogP contribution in [0.3, 0.4) is 0 Å². The van der Waals surface area contributed by atoms with Gasteiger partial charge in [-0.1, -0.05) is 6.07 Å². The van der Waals surface area contributed by atoms with Crippen molar-refractivity contribution in [3.05, 3.63) is 46.4 Å². The van der Waals surface area contributed by atoms with Gasteiger partial charge in [0.15, 0.2) is 5.82 Å². The van der Waals surface area contributed by atoms with Crippen LogP contribution in [0.25, 0.3) is 0 Å². The van der Waals surface area contributed by atoms with Crippen molar-refractivity contribution in [2.45, 2.75) is 32.4 Å². The van der Waals surface area contributed by atoms with Crippen molar-refractivity contribution in [3.8, 4) is 0 Å². The van der Waals surface area contributed by atoms with Crippen molar-refractivity contribution in [1.29, 1.82) is 0 Å². The molecule has 0 spiro atoms. The lowest BCUT2D eigenvalue weighted by Crippen LogP contribution is -2.31. The van der Waals surface area contributed by atoms with Crippen LogP contribution in [0.4, 0.5) is 0 Å². The van der Waals surface area contributed by atoms with Crippen molar-refractivity contribution < 1.29 is 9.90 Å². The van der Waals surface area contributed by atoms with E-state index in [1.54, 1.807) is 18.3 Å². The minimum absolute atomic E-state index is 0.149. The number of carboxylic acids is 1. The molecule has 0 saturated carbocycles. The van der Waals surface area contributed by atoms with Crippen LogP contribution in [0.2, 0.25) is 0 Å². The Morgan fingerprint density at radius 1 is 1.32 bits per heavy atom. The summed E-state index contributed by atoms with van der Waals surface area (Å²) in [6.45, 7) is 2.09. The molecule has 2 aromatic rings. The zero-order valence-electron chi connectivity index (χ0n) is 14.3. The molecule has 0 aromatic carbocycles. The van der Waals surface area contributed by atoms with E-state index in [1.807, 2.05) is 0 Å². The first-order valence-electron chi connectivity index (χ1n) is 8.49.